The molecule has 1 aromatic heterocycles. The Balaban J connectivity index is 1.69. The van der Waals surface area contributed by atoms with Crippen molar-refractivity contribution in [2.24, 2.45) is 0 Å². The SMILES string of the molecule is CC(=O)NC[C@H]1CN(c2cnc(N3CCS(=O)(=O)CC3)c(F)c2)C(=O)O1. The minimum atomic E-state index is -3.07. The van der Waals surface area contributed by atoms with Crippen LogP contribution in [0.5, 0.6) is 0 Å². The number of carbonyl (C=O) groups excluding carboxylic acids is 2. The molecule has 0 spiro atoms. The Hall–Kier alpha value is -2.43. The number of halogens is 1. The van der Waals surface area contributed by atoms with Crippen molar-refractivity contribution in [3.8, 4) is 0 Å². The molecular formula is C15H19FN4O5S. The second kappa shape index (κ2) is 7.06. The van der Waals surface area contributed by atoms with Crippen molar-refractivity contribution in [2.45, 2.75) is 13.0 Å². The van der Waals surface area contributed by atoms with E-state index in [0.717, 1.165) is 0 Å². The Bertz CT molecular complexity index is 817. The van der Waals surface area contributed by atoms with Crippen LogP contribution in [0.1, 0.15) is 6.92 Å². The number of ether oxygens (including phenoxy) is 1. The number of hydrogen-bond acceptors (Lipinski definition) is 7. The fourth-order valence-electron chi connectivity index (χ4n) is 2.82. The highest BCUT2D eigenvalue weighted by molar-refractivity contribution is 7.91. The number of rotatable bonds is 4. The molecule has 0 radical (unpaired) electrons. The van der Waals surface area contributed by atoms with Crippen LogP contribution in [0.2, 0.25) is 0 Å². The molecule has 0 bridgehead atoms. The molecule has 1 atom stereocenters. The van der Waals surface area contributed by atoms with Gasteiger partial charge in [-0.1, -0.05) is 0 Å². The van der Waals surface area contributed by atoms with E-state index in [1.54, 1.807) is 4.90 Å². The Kier molecular flexibility index (Phi) is 4.99. The molecule has 2 amide bonds. The molecule has 142 valence electrons. The van der Waals surface area contributed by atoms with Crippen LogP contribution in [0.3, 0.4) is 0 Å². The van der Waals surface area contributed by atoms with Crippen LogP contribution < -0.4 is 15.1 Å². The predicted octanol–water partition coefficient (Wildman–Crippen LogP) is -0.0832. The highest BCUT2D eigenvalue weighted by atomic mass is 32.2. The molecule has 26 heavy (non-hydrogen) atoms. The summed E-state index contributed by atoms with van der Waals surface area (Å²) < 4.78 is 42.6. The lowest BCUT2D eigenvalue weighted by Gasteiger charge is -2.28. The molecule has 3 rings (SSSR count). The smallest absolute Gasteiger partial charge is 0.414 e. The largest absolute Gasteiger partial charge is 0.442 e. The number of cyclic esters (lactones) is 1. The van der Waals surface area contributed by atoms with Crippen molar-refractivity contribution in [1.29, 1.82) is 0 Å². The summed E-state index contributed by atoms with van der Waals surface area (Å²) in [5.41, 5.74) is 0.242. The van der Waals surface area contributed by atoms with Crippen molar-refractivity contribution in [3.63, 3.8) is 0 Å². The van der Waals surface area contributed by atoms with Crippen molar-refractivity contribution >= 4 is 33.3 Å². The predicted molar refractivity (Wildman–Crippen MR) is 91.4 cm³/mol. The number of hydrogen-bond donors (Lipinski definition) is 1. The molecule has 1 N–H and O–H groups in total. The van der Waals surface area contributed by atoms with Crippen LogP contribution >= 0.6 is 0 Å². The number of carbonyl (C=O) groups is 2. The third-order valence-electron chi connectivity index (χ3n) is 4.22. The van der Waals surface area contributed by atoms with Gasteiger partial charge in [0.15, 0.2) is 21.5 Å². The van der Waals surface area contributed by atoms with Gasteiger partial charge in [-0.2, -0.15) is 0 Å². The van der Waals surface area contributed by atoms with Crippen LogP contribution in [0.25, 0.3) is 0 Å². The van der Waals surface area contributed by atoms with Crippen LogP contribution in [-0.4, -0.2) is 69.2 Å². The second-order valence-corrected chi connectivity index (χ2v) is 8.49. The molecule has 2 aliphatic rings. The fraction of sp³-hybridized carbons (Fsp3) is 0.533. The molecule has 0 unspecified atom stereocenters. The average molecular weight is 386 g/mol. The van der Waals surface area contributed by atoms with Crippen LogP contribution in [-0.2, 0) is 19.4 Å². The Morgan fingerprint density at radius 3 is 2.73 bits per heavy atom. The zero-order valence-electron chi connectivity index (χ0n) is 14.1. The van der Waals surface area contributed by atoms with E-state index in [4.69, 9.17) is 4.74 Å². The molecule has 0 aromatic carbocycles. The highest BCUT2D eigenvalue weighted by Gasteiger charge is 2.33. The topological polar surface area (TPSA) is 109 Å². The molecule has 9 nitrogen and oxygen atoms in total. The lowest BCUT2D eigenvalue weighted by atomic mass is 10.3. The summed E-state index contributed by atoms with van der Waals surface area (Å²) in [5.74, 6) is -0.899. The van der Waals surface area contributed by atoms with Gasteiger partial charge in [0.2, 0.25) is 5.91 Å². The molecule has 1 aromatic rings. The van der Waals surface area contributed by atoms with Gasteiger partial charge in [-0.25, -0.2) is 22.6 Å². The van der Waals surface area contributed by atoms with Gasteiger partial charge in [-0.15, -0.1) is 0 Å². The second-order valence-electron chi connectivity index (χ2n) is 6.19. The first-order valence-electron chi connectivity index (χ1n) is 8.09. The summed E-state index contributed by atoms with van der Waals surface area (Å²) in [6, 6.07) is 1.17. The average Bonchev–Trinajstić information content (AvgIpc) is 2.94. The number of anilines is 2. The van der Waals surface area contributed by atoms with Gasteiger partial charge in [0.1, 0.15) is 6.10 Å². The number of nitrogens with one attached hydrogen (secondary N) is 1. The molecule has 11 heteroatoms. The van der Waals surface area contributed by atoms with E-state index in [0.29, 0.717) is 0 Å². The van der Waals surface area contributed by atoms with Crippen molar-refractivity contribution in [2.75, 3.05) is 47.5 Å². The first-order valence-corrected chi connectivity index (χ1v) is 9.91. The monoisotopic (exact) mass is 386 g/mol. The molecule has 2 saturated heterocycles. The third-order valence-corrected chi connectivity index (χ3v) is 5.82. The summed E-state index contributed by atoms with van der Waals surface area (Å²) in [7, 11) is -3.07. The summed E-state index contributed by atoms with van der Waals surface area (Å²) >= 11 is 0. The third kappa shape index (κ3) is 4.03. The number of aromatic nitrogens is 1. The first kappa shape index (κ1) is 18.4. The number of sulfone groups is 1. The van der Waals surface area contributed by atoms with Gasteiger partial charge in [-0.3, -0.25) is 9.69 Å². The summed E-state index contributed by atoms with van der Waals surface area (Å²) in [4.78, 5) is 29.8. The van der Waals surface area contributed by atoms with Gasteiger partial charge < -0.3 is 15.0 Å². The maximum Gasteiger partial charge on any atom is 0.414 e. The quantitative estimate of drug-likeness (QED) is 0.771. The minimum absolute atomic E-state index is 0.0425. The van der Waals surface area contributed by atoms with Gasteiger partial charge in [0.05, 0.1) is 36.5 Å². The van der Waals surface area contributed by atoms with E-state index in [2.05, 4.69) is 10.3 Å². The Morgan fingerprint density at radius 1 is 1.42 bits per heavy atom. The van der Waals surface area contributed by atoms with Gasteiger partial charge >= 0.3 is 6.09 Å². The van der Waals surface area contributed by atoms with Gasteiger partial charge in [-0.05, 0) is 0 Å². The summed E-state index contributed by atoms with van der Waals surface area (Å²) in [5, 5.41) is 2.56. The van der Waals surface area contributed by atoms with Crippen molar-refractivity contribution in [1.82, 2.24) is 10.3 Å². The fourth-order valence-corrected chi connectivity index (χ4v) is 4.02. The zero-order valence-corrected chi connectivity index (χ0v) is 15.0. The standard InChI is InChI=1S/C15H19FN4O5S/c1-10(21)17-8-12-9-20(15(22)25-12)11-6-13(16)14(18-7-11)19-2-4-26(23,24)5-3-19/h6-7,12H,2-5,8-9H2,1H3,(H,17,21)/t12-/m0/s1. The van der Waals surface area contributed by atoms with Crippen molar-refractivity contribution < 1.29 is 27.1 Å². The molecular weight excluding hydrogens is 367 g/mol. The maximum absolute atomic E-state index is 14.5. The van der Waals surface area contributed by atoms with Crippen LogP contribution in [0.15, 0.2) is 12.3 Å². The Morgan fingerprint density at radius 2 is 2.12 bits per heavy atom. The molecule has 2 aliphatic heterocycles. The molecule has 0 aliphatic carbocycles. The minimum Gasteiger partial charge on any atom is -0.442 e. The number of nitrogens with zero attached hydrogens (tertiary/aromatic N) is 3. The van der Waals surface area contributed by atoms with Gasteiger partial charge in [0.25, 0.3) is 0 Å². The summed E-state index contributed by atoms with van der Waals surface area (Å²) in [6.45, 7) is 2.06. The highest BCUT2D eigenvalue weighted by Crippen LogP contribution is 2.26. The lowest BCUT2D eigenvalue weighted by molar-refractivity contribution is -0.119. The van der Waals surface area contributed by atoms with E-state index < -0.39 is 27.9 Å². The zero-order chi connectivity index (χ0) is 18.9. The van der Waals surface area contributed by atoms with Crippen LogP contribution in [0, 0.1) is 5.82 Å². The normalized spacial score (nSPS) is 22.2. The molecule has 0 saturated carbocycles. The summed E-state index contributed by atoms with van der Waals surface area (Å²) in [6.07, 6.45) is 0.184. The van der Waals surface area contributed by atoms with E-state index in [1.165, 1.54) is 24.1 Å². The number of amides is 2. The maximum atomic E-state index is 14.5. The van der Waals surface area contributed by atoms with E-state index in [-0.39, 0.29) is 55.1 Å². The van der Waals surface area contributed by atoms with Crippen LogP contribution in [0.4, 0.5) is 20.7 Å². The van der Waals surface area contributed by atoms with Crippen molar-refractivity contribution in [3.05, 3.63) is 18.1 Å². The first-order chi connectivity index (χ1) is 12.2. The number of pyridine rings is 1. The molecule has 2 fully saturated rings. The Labute approximate surface area is 150 Å². The molecule has 3 heterocycles. The lowest BCUT2D eigenvalue weighted by Crippen LogP contribution is -2.41. The van der Waals surface area contributed by atoms with E-state index in [9.17, 15) is 22.4 Å². The van der Waals surface area contributed by atoms with E-state index >= 15 is 0 Å². The van der Waals surface area contributed by atoms with Gasteiger partial charge in [0, 0.05) is 26.1 Å². The van der Waals surface area contributed by atoms with E-state index in [1.807, 2.05) is 0 Å².